The monoisotopic (exact) mass is 467 g/mol. The zero-order valence-corrected chi connectivity index (χ0v) is 17.8. The highest BCUT2D eigenvalue weighted by molar-refractivity contribution is 7.89. The second-order valence-corrected chi connectivity index (χ2v) is 9.66. The Morgan fingerprint density at radius 3 is 2.65 bits per heavy atom. The van der Waals surface area contributed by atoms with E-state index in [-0.39, 0.29) is 47.1 Å². The Morgan fingerprint density at radius 1 is 1.19 bits per heavy atom. The van der Waals surface area contributed by atoms with Crippen LogP contribution in [0.3, 0.4) is 0 Å². The fraction of sp³-hybridized carbons (Fsp3) is 0.300. The van der Waals surface area contributed by atoms with E-state index in [4.69, 9.17) is 16.3 Å². The van der Waals surface area contributed by atoms with E-state index in [1.165, 1.54) is 34.6 Å². The zero-order chi connectivity index (χ0) is 22.2. The topological polar surface area (TPSA) is 105 Å². The second kappa shape index (κ2) is 8.45. The molecule has 2 aromatic rings. The maximum Gasteiger partial charge on any atom is 0.262 e. The van der Waals surface area contributed by atoms with Crippen LogP contribution in [-0.4, -0.2) is 44.2 Å². The summed E-state index contributed by atoms with van der Waals surface area (Å²) in [7, 11) is -3.81. The lowest BCUT2D eigenvalue weighted by molar-refractivity contribution is -0.121. The molecule has 31 heavy (non-hydrogen) atoms. The lowest BCUT2D eigenvalue weighted by Crippen LogP contribution is -2.41. The number of ether oxygens (including phenoxy) is 1. The van der Waals surface area contributed by atoms with Gasteiger partial charge in [-0.1, -0.05) is 11.6 Å². The summed E-state index contributed by atoms with van der Waals surface area (Å²) < 4.78 is 46.5. The Balaban J connectivity index is 1.41. The van der Waals surface area contributed by atoms with Crippen molar-refractivity contribution < 1.29 is 27.1 Å². The number of sulfonamides is 1. The van der Waals surface area contributed by atoms with Gasteiger partial charge in [0.2, 0.25) is 15.9 Å². The molecule has 0 spiro atoms. The van der Waals surface area contributed by atoms with E-state index in [0.29, 0.717) is 24.3 Å². The van der Waals surface area contributed by atoms with Crippen LogP contribution >= 0.6 is 11.6 Å². The molecular formula is C20H19ClFN3O5S. The number of carbonyl (C=O) groups excluding carboxylic acids is 2. The van der Waals surface area contributed by atoms with Crippen molar-refractivity contribution in [3.8, 4) is 5.75 Å². The normalized spacial score (nSPS) is 17.4. The van der Waals surface area contributed by atoms with E-state index in [0.717, 1.165) is 6.07 Å². The summed E-state index contributed by atoms with van der Waals surface area (Å²) in [4.78, 5) is 24.0. The second-order valence-electron chi connectivity index (χ2n) is 7.29. The van der Waals surface area contributed by atoms with Crippen molar-refractivity contribution in [1.29, 1.82) is 0 Å². The first kappa shape index (κ1) is 21.5. The average molecular weight is 468 g/mol. The fourth-order valence-electron chi connectivity index (χ4n) is 3.56. The number of nitrogens with one attached hydrogen (secondary N) is 2. The molecule has 0 bridgehead atoms. The van der Waals surface area contributed by atoms with Gasteiger partial charge in [-0.15, -0.1) is 0 Å². The van der Waals surface area contributed by atoms with Gasteiger partial charge in [-0.25, -0.2) is 12.8 Å². The summed E-state index contributed by atoms with van der Waals surface area (Å²) in [5.41, 5.74) is 0.333. The van der Waals surface area contributed by atoms with Gasteiger partial charge in [-0.2, -0.15) is 4.31 Å². The highest BCUT2D eigenvalue weighted by Gasteiger charge is 2.33. The molecule has 0 atom stereocenters. The van der Waals surface area contributed by atoms with E-state index in [1.54, 1.807) is 0 Å². The van der Waals surface area contributed by atoms with Crippen LogP contribution in [0.4, 0.5) is 15.8 Å². The molecule has 11 heteroatoms. The van der Waals surface area contributed by atoms with Crippen LogP contribution in [0.1, 0.15) is 12.8 Å². The molecule has 8 nitrogen and oxygen atoms in total. The molecule has 0 aliphatic carbocycles. The minimum Gasteiger partial charge on any atom is -0.482 e. The number of halogens is 2. The molecule has 2 aliphatic heterocycles. The standard InChI is InChI=1S/C20H19ClFN3O5S/c21-13-1-3-16(15(22)9-13)24-20(27)12-5-7-25(8-6-12)31(28,29)14-2-4-18-17(10-14)23-19(26)11-30-18/h1-4,9-10,12H,5-8,11H2,(H,23,26)(H,24,27). The molecule has 2 aromatic carbocycles. The molecule has 2 N–H and O–H groups in total. The van der Waals surface area contributed by atoms with Crippen molar-refractivity contribution in [2.45, 2.75) is 17.7 Å². The maximum atomic E-state index is 13.9. The molecule has 2 amide bonds. The molecule has 0 saturated carbocycles. The molecule has 0 unspecified atom stereocenters. The highest BCUT2D eigenvalue weighted by atomic mass is 35.5. The number of piperidine rings is 1. The number of carbonyl (C=O) groups is 2. The van der Waals surface area contributed by atoms with Crippen LogP contribution in [0.5, 0.6) is 5.75 Å². The van der Waals surface area contributed by atoms with Crippen LogP contribution in [-0.2, 0) is 19.6 Å². The maximum absolute atomic E-state index is 13.9. The van der Waals surface area contributed by atoms with E-state index in [9.17, 15) is 22.4 Å². The summed E-state index contributed by atoms with van der Waals surface area (Å²) in [5.74, 6) is -1.40. The van der Waals surface area contributed by atoms with Gasteiger partial charge in [0.1, 0.15) is 11.6 Å². The van der Waals surface area contributed by atoms with Gasteiger partial charge in [-0.05, 0) is 49.2 Å². The quantitative estimate of drug-likeness (QED) is 0.719. The van der Waals surface area contributed by atoms with E-state index in [1.807, 2.05) is 0 Å². The number of fused-ring (bicyclic) bond motifs is 1. The van der Waals surface area contributed by atoms with Crippen molar-refractivity contribution in [2.24, 2.45) is 5.92 Å². The van der Waals surface area contributed by atoms with Gasteiger partial charge in [0, 0.05) is 24.0 Å². The fourth-order valence-corrected chi connectivity index (χ4v) is 5.21. The number of amides is 2. The van der Waals surface area contributed by atoms with E-state index in [2.05, 4.69) is 10.6 Å². The van der Waals surface area contributed by atoms with Crippen molar-refractivity contribution in [3.63, 3.8) is 0 Å². The average Bonchev–Trinajstić information content (AvgIpc) is 2.75. The molecule has 1 saturated heterocycles. The zero-order valence-electron chi connectivity index (χ0n) is 16.2. The highest BCUT2D eigenvalue weighted by Crippen LogP contribution is 2.32. The molecule has 164 valence electrons. The minimum atomic E-state index is -3.81. The van der Waals surface area contributed by atoms with Gasteiger partial charge in [-0.3, -0.25) is 9.59 Å². The first-order valence-corrected chi connectivity index (χ1v) is 11.4. The van der Waals surface area contributed by atoms with Crippen molar-refractivity contribution >= 4 is 44.8 Å². The van der Waals surface area contributed by atoms with Crippen molar-refractivity contribution in [1.82, 2.24) is 4.31 Å². The van der Waals surface area contributed by atoms with E-state index >= 15 is 0 Å². The summed E-state index contributed by atoms with van der Waals surface area (Å²) in [6.07, 6.45) is 0.593. The Bertz CT molecular complexity index is 1150. The van der Waals surface area contributed by atoms with Crippen LogP contribution < -0.4 is 15.4 Å². The third-order valence-corrected chi connectivity index (χ3v) is 7.37. The van der Waals surface area contributed by atoms with Crippen LogP contribution in [0.2, 0.25) is 5.02 Å². The van der Waals surface area contributed by atoms with Gasteiger partial charge in [0.05, 0.1) is 16.3 Å². The van der Waals surface area contributed by atoms with Crippen molar-refractivity contribution in [2.75, 3.05) is 30.3 Å². The Kier molecular flexibility index (Phi) is 5.87. The lowest BCUT2D eigenvalue weighted by Gasteiger charge is -2.31. The Labute approximate surface area is 183 Å². The van der Waals surface area contributed by atoms with Gasteiger partial charge >= 0.3 is 0 Å². The first-order chi connectivity index (χ1) is 14.7. The molecule has 0 aromatic heterocycles. The SMILES string of the molecule is O=C1COc2ccc(S(=O)(=O)N3CCC(C(=O)Nc4ccc(Cl)cc4F)CC3)cc2N1. The first-order valence-electron chi connectivity index (χ1n) is 9.57. The number of hydrogen-bond acceptors (Lipinski definition) is 5. The third-order valence-electron chi connectivity index (χ3n) is 5.24. The Hall–Kier alpha value is -2.69. The molecular weight excluding hydrogens is 449 g/mol. The number of anilines is 2. The van der Waals surface area contributed by atoms with Crippen molar-refractivity contribution in [3.05, 3.63) is 47.2 Å². The molecule has 4 rings (SSSR count). The molecule has 1 fully saturated rings. The minimum absolute atomic E-state index is 0.0303. The predicted molar refractivity (Wildman–Crippen MR) is 112 cm³/mol. The molecule has 0 radical (unpaired) electrons. The number of rotatable bonds is 4. The van der Waals surface area contributed by atoms with E-state index < -0.39 is 21.8 Å². The molecule has 2 heterocycles. The summed E-state index contributed by atoms with van der Waals surface area (Å²) in [5, 5.41) is 5.35. The van der Waals surface area contributed by atoms with Crippen LogP contribution in [0.25, 0.3) is 0 Å². The third kappa shape index (κ3) is 4.51. The van der Waals surface area contributed by atoms with Gasteiger partial charge in [0.25, 0.3) is 5.91 Å². The lowest BCUT2D eigenvalue weighted by atomic mass is 9.97. The number of benzene rings is 2. The van der Waals surface area contributed by atoms with Gasteiger partial charge < -0.3 is 15.4 Å². The van der Waals surface area contributed by atoms with Crippen LogP contribution in [0.15, 0.2) is 41.3 Å². The van der Waals surface area contributed by atoms with Crippen LogP contribution in [0, 0.1) is 11.7 Å². The number of hydrogen-bond donors (Lipinski definition) is 2. The molecule has 2 aliphatic rings. The smallest absolute Gasteiger partial charge is 0.262 e. The predicted octanol–water partition coefficient (Wildman–Crippen LogP) is 2.85. The van der Waals surface area contributed by atoms with Gasteiger partial charge in [0.15, 0.2) is 6.61 Å². The summed E-state index contributed by atoms with van der Waals surface area (Å²) in [6.45, 7) is 0.168. The largest absolute Gasteiger partial charge is 0.482 e. The Morgan fingerprint density at radius 2 is 1.94 bits per heavy atom. The summed E-state index contributed by atoms with van der Waals surface area (Å²) in [6, 6.07) is 8.26. The summed E-state index contributed by atoms with van der Waals surface area (Å²) >= 11 is 5.72. The number of nitrogens with zero attached hydrogens (tertiary/aromatic N) is 1.